The van der Waals surface area contributed by atoms with Crippen molar-refractivity contribution in [1.29, 1.82) is 0 Å². The molecule has 0 saturated carbocycles. The second kappa shape index (κ2) is 4.84. The summed E-state index contributed by atoms with van der Waals surface area (Å²) in [6.07, 6.45) is 1.80. The molecular weight excluding hydrogens is 170 g/mol. The Labute approximate surface area is 77.5 Å². The van der Waals surface area contributed by atoms with E-state index in [1.807, 2.05) is 19.0 Å². The first-order chi connectivity index (χ1) is 6.22. The fraction of sp³-hybridized carbons (Fsp3) is 0.625. The van der Waals surface area contributed by atoms with Crippen molar-refractivity contribution < 1.29 is 9.15 Å². The Hall–Kier alpha value is -1.07. The zero-order chi connectivity index (χ0) is 9.68. The molecule has 13 heavy (non-hydrogen) atoms. The van der Waals surface area contributed by atoms with Crippen LogP contribution >= 0.6 is 0 Å². The first-order valence-electron chi connectivity index (χ1n) is 4.14. The van der Waals surface area contributed by atoms with E-state index in [1.54, 1.807) is 0 Å². The van der Waals surface area contributed by atoms with Gasteiger partial charge in [0.15, 0.2) is 0 Å². The highest BCUT2D eigenvalue weighted by atomic mass is 16.6. The molecule has 74 valence electrons. The summed E-state index contributed by atoms with van der Waals surface area (Å²) in [7, 11) is 3.95. The number of hydrogen-bond acceptors (Lipinski definition) is 5. The normalized spacial score (nSPS) is 10.8. The molecule has 0 radical (unpaired) electrons. The molecule has 1 heterocycles. The molecule has 5 nitrogen and oxygen atoms in total. The number of nitrogens with two attached hydrogens (primary N) is 1. The molecule has 2 N–H and O–H groups in total. The molecule has 0 aliphatic rings. The molecule has 0 aliphatic carbocycles. The average molecular weight is 185 g/mol. The first-order valence-corrected chi connectivity index (χ1v) is 4.14. The van der Waals surface area contributed by atoms with E-state index in [2.05, 4.69) is 4.98 Å². The van der Waals surface area contributed by atoms with E-state index in [0.717, 1.165) is 6.54 Å². The van der Waals surface area contributed by atoms with Gasteiger partial charge in [0.1, 0.15) is 12.9 Å². The lowest BCUT2D eigenvalue weighted by molar-refractivity contribution is 0.203. The van der Waals surface area contributed by atoms with Crippen LogP contribution < -0.4 is 10.5 Å². The van der Waals surface area contributed by atoms with Crippen LogP contribution in [0.4, 0.5) is 0 Å². The SMILES string of the molecule is CN(C)CCOc1nc(CN)co1. The van der Waals surface area contributed by atoms with E-state index in [0.29, 0.717) is 24.9 Å². The second-order valence-corrected chi connectivity index (χ2v) is 2.96. The Kier molecular flexibility index (Phi) is 3.72. The van der Waals surface area contributed by atoms with Crippen LogP contribution in [0.3, 0.4) is 0 Å². The monoisotopic (exact) mass is 185 g/mol. The molecule has 0 aliphatic heterocycles. The summed E-state index contributed by atoms with van der Waals surface area (Å²) < 4.78 is 10.2. The Balaban J connectivity index is 2.28. The van der Waals surface area contributed by atoms with Gasteiger partial charge in [0.25, 0.3) is 0 Å². The van der Waals surface area contributed by atoms with Gasteiger partial charge >= 0.3 is 6.08 Å². The number of ether oxygens (including phenoxy) is 1. The van der Waals surface area contributed by atoms with E-state index in [-0.39, 0.29) is 0 Å². The lowest BCUT2D eigenvalue weighted by Gasteiger charge is -2.07. The molecule has 0 atom stereocenters. The lowest BCUT2D eigenvalue weighted by Crippen LogP contribution is -2.19. The lowest BCUT2D eigenvalue weighted by atomic mass is 10.5. The van der Waals surface area contributed by atoms with Gasteiger partial charge in [0, 0.05) is 13.1 Å². The van der Waals surface area contributed by atoms with E-state index in [9.17, 15) is 0 Å². The van der Waals surface area contributed by atoms with Crippen molar-refractivity contribution in [3.05, 3.63) is 12.0 Å². The largest absolute Gasteiger partial charge is 0.449 e. The van der Waals surface area contributed by atoms with Crippen molar-refractivity contribution >= 4 is 0 Å². The number of nitrogens with zero attached hydrogens (tertiary/aromatic N) is 2. The van der Waals surface area contributed by atoms with Gasteiger partial charge in [0.2, 0.25) is 0 Å². The van der Waals surface area contributed by atoms with Crippen molar-refractivity contribution in [3.63, 3.8) is 0 Å². The van der Waals surface area contributed by atoms with Crippen LogP contribution in [0.15, 0.2) is 10.7 Å². The minimum Gasteiger partial charge on any atom is -0.449 e. The van der Waals surface area contributed by atoms with Crippen LogP contribution in [0.5, 0.6) is 6.08 Å². The van der Waals surface area contributed by atoms with Crippen LogP contribution in [0.2, 0.25) is 0 Å². The summed E-state index contributed by atoms with van der Waals surface area (Å²) in [5.41, 5.74) is 6.06. The number of aromatic nitrogens is 1. The molecule has 0 bridgehead atoms. The molecule has 0 aromatic carbocycles. The molecule has 0 fully saturated rings. The second-order valence-electron chi connectivity index (χ2n) is 2.96. The fourth-order valence-electron chi connectivity index (χ4n) is 0.764. The fourth-order valence-corrected chi connectivity index (χ4v) is 0.764. The molecule has 1 aromatic heterocycles. The van der Waals surface area contributed by atoms with Crippen molar-refractivity contribution in [2.24, 2.45) is 5.73 Å². The predicted molar refractivity (Wildman–Crippen MR) is 48.4 cm³/mol. The summed E-state index contributed by atoms with van der Waals surface area (Å²) >= 11 is 0. The summed E-state index contributed by atoms with van der Waals surface area (Å²) in [6, 6.07) is 0. The third kappa shape index (κ3) is 3.43. The molecule has 0 unspecified atom stereocenters. The van der Waals surface area contributed by atoms with Gasteiger partial charge in [-0.25, -0.2) is 0 Å². The van der Waals surface area contributed by atoms with E-state index >= 15 is 0 Å². The van der Waals surface area contributed by atoms with Crippen LogP contribution in [-0.2, 0) is 6.54 Å². The molecule has 0 saturated heterocycles. The first kappa shape index (κ1) is 10.0. The van der Waals surface area contributed by atoms with Gasteiger partial charge in [-0.3, -0.25) is 0 Å². The zero-order valence-corrected chi connectivity index (χ0v) is 7.99. The maximum Gasteiger partial charge on any atom is 0.393 e. The minimum absolute atomic E-state index is 0.294. The van der Waals surface area contributed by atoms with Gasteiger partial charge in [-0.05, 0) is 14.1 Å². The van der Waals surface area contributed by atoms with Crippen LogP contribution in [-0.4, -0.2) is 37.1 Å². The number of oxazole rings is 1. The Morgan fingerprint density at radius 1 is 1.62 bits per heavy atom. The highest BCUT2D eigenvalue weighted by molar-refractivity contribution is 4.98. The summed E-state index contributed by atoms with van der Waals surface area (Å²) in [4.78, 5) is 6.01. The van der Waals surface area contributed by atoms with Crippen molar-refractivity contribution in [3.8, 4) is 6.08 Å². The van der Waals surface area contributed by atoms with Crippen molar-refractivity contribution in [2.75, 3.05) is 27.2 Å². The van der Waals surface area contributed by atoms with Crippen molar-refractivity contribution in [2.45, 2.75) is 6.54 Å². The number of likely N-dealkylation sites (N-methyl/N-ethyl adjacent to an activating group) is 1. The average Bonchev–Trinajstić information content (AvgIpc) is 2.52. The maximum absolute atomic E-state index is 5.35. The molecule has 0 spiro atoms. The predicted octanol–water partition coefficient (Wildman–Crippen LogP) is 0.0737. The molecule has 1 aromatic rings. The third-order valence-corrected chi connectivity index (χ3v) is 1.50. The molecule has 5 heteroatoms. The summed E-state index contributed by atoms with van der Waals surface area (Å²) in [5, 5.41) is 0. The Bertz CT molecular complexity index is 247. The number of hydrogen-bond donors (Lipinski definition) is 1. The third-order valence-electron chi connectivity index (χ3n) is 1.50. The highest BCUT2D eigenvalue weighted by Gasteiger charge is 2.02. The van der Waals surface area contributed by atoms with Gasteiger partial charge in [0.05, 0.1) is 5.69 Å². The Morgan fingerprint density at radius 2 is 2.38 bits per heavy atom. The summed E-state index contributed by atoms with van der Waals surface area (Å²) in [6.45, 7) is 1.78. The van der Waals surface area contributed by atoms with E-state index in [4.69, 9.17) is 14.9 Å². The topological polar surface area (TPSA) is 64.5 Å². The minimum atomic E-state index is 0.294. The Morgan fingerprint density at radius 3 is 2.92 bits per heavy atom. The van der Waals surface area contributed by atoms with Crippen molar-refractivity contribution in [1.82, 2.24) is 9.88 Å². The van der Waals surface area contributed by atoms with Gasteiger partial charge in [-0.2, -0.15) is 4.98 Å². The zero-order valence-electron chi connectivity index (χ0n) is 7.99. The van der Waals surface area contributed by atoms with Gasteiger partial charge in [-0.15, -0.1) is 0 Å². The van der Waals surface area contributed by atoms with Crippen LogP contribution in [0.1, 0.15) is 5.69 Å². The smallest absolute Gasteiger partial charge is 0.393 e. The quantitative estimate of drug-likeness (QED) is 0.703. The van der Waals surface area contributed by atoms with E-state index < -0.39 is 0 Å². The van der Waals surface area contributed by atoms with Crippen LogP contribution in [0.25, 0.3) is 0 Å². The molecular formula is C8H15N3O2. The standard InChI is InChI=1S/C8H15N3O2/c1-11(2)3-4-12-8-10-7(5-9)6-13-8/h6H,3-5,9H2,1-2H3. The number of rotatable bonds is 5. The molecule has 1 rings (SSSR count). The van der Waals surface area contributed by atoms with Gasteiger partial charge in [-0.1, -0.05) is 0 Å². The summed E-state index contributed by atoms with van der Waals surface area (Å²) in [5.74, 6) is 0. The molecule has 0 amide bonds. The van der Waals surface area contributed by atoms with Gasteiger partial charge < -0.3 is 19.8 Å². The van der Waals surface area contributed by atoms with Crippen LogP contribution in [0, 0.1) is 0 Å². The maximum atomic E-state index is 5.35. The van der Waals surface area contributed by atoms with E-state index in [1.165, 1.54) is 6.26 Å². The highest BCUT2D eigenvalue weighted by Crippen LogP contribution is 2.08.